The van der Waals surface area contributed by atoms with E-state index in [-0.39, 0.29) is 18.1 Å². The minimum atomic E-state index is -0.0217. The average Bonchev–Trinajstić information content (AvgIpc) is 3.42. The fraction of sp³-hybridized carbons (Fsp3) is 0.429. The number of rotatable bonds is 8. The fourth-order valence-electron chi connectivity index (χ4n) is 3.20. The Bertz CT molecular complexity index is 712. The number of anilines is 1. The number of ether oxygens (including phenoxy) is 1. The van der Waals surface area contributed by atoms with Gasteiger partial charge in [0.2, 0.25) is 5.91 Å². The molecule has 138 valence electrons. The first-order chi connectivity index (χ1) is 12.5. The van der Waals surface area contributed by atoms with E-state index in [2.05, 4.69) is 15.2 Å². The zero-order valence-corrected chi connectivity index (χ0v) is 15.7. The van der Waals surface area contributed by atoms with Gasteiger partial charge in [-0.25, -0.2) is 0 Å². The molecule has 1 fully saturated rings. The molecule has 1 amide bonds. The lowest BCUT2D eigenvalue weighted by Gasteiger charge is -2.27. The molecule has 2 aromatic rings. The van der Waals surface area contributed by atoms with Crippen LogP contribution < -0.4 is 10.1 Å². The van der Waals surface area contributed by atoms with Gasteiger partial charge in [0, 0.05) is 11.9 Å². The molecule has 1 heterocycles. The second-order valence-electron chi connectivity index (χ2n) is 7.19. The number of likely N-dealkylation sites (N-methyl/N-ethyl adjacent to an activating group) is 1. The first-order valence-electron chi connectivity index (χ1n) is 9.20. The first-order valence-corrected chi connectivity index (χ1v) is 9.20. The number of amides is 1. The normalized spacial score (nSPS) is 15.1. The maximum Gasteiger partial charge on any atom is 0.238 e. The Morgan fingerprint density at radius 3 is 2.54 bits per heavy atom. The predicted octanol–water partition coefficient (Wildman–Crippen LogP) is 3.89. The molecule has 1 aromatic heterocycles. The van der Waals surface area contributed by atoms with E-state index in [0.717, 1.165) is 17.1 Å². The van der Waals surface area contributed by atoms with Crippen LogP contribution in [0.3, 0.4) is 0 Å². The maximum atomic E-state index is 12.5. The molecule has 5 heteroatoms. The minimum absolute atomic E-state index is 0.0217. The van der Waals surface area contributed by atoms with Crippen molar-refractivity contribution in [2.45, 2.75) is 38.8 Å². The zero-order valence-electron chi connectivity index (χ0n) is 15.7. The number of hydrogen-bond donors (Lipinski definition) is 1. The van der Waals surface area contributed by atoms with Crippen LogP contribution in [0.2, 0.25) is 0 Å². The molecule has 5 nitrogen and oxygen atoms in total. The van der Waals surface area contributed by atoms with E-state index < -0.39 is 0 Å². The Kier molecular flexibility index (Phi) is 5.89. The molecule has 0 saturated heterocycles. The number of carbonyl (C=O) groups excluding carboxylic acids is 1. The van der Waals surface area contributed by atoms with Gasteiger partial charge < -0.3 is 10.1 Å². The molecule has 0 unspecified atom stereocenters. The quantitative estimate of drug-likeness (QED) is 0.782. The third kappa shape index (κ3) is 5.05. The summed E-state index contributed by atoms with van der Waals surface area (Å²) in [4.78, 5) is 19.1. The second-order valence-corrected chi connectivity index (χ2v) is 7.19. The lowest BCUT2D eigenvalue weighted by atomic mass is 10.1. The highest BCUT2D eigenvalue weighted by atomic mass is 16.5. The number of benzene rings is 1. The highest BCUT2D eigenvalue weighted by Crippen LogP contribution is 2.43. The molecule has 1 N–H and O–H groups in total. The van der Waals surface area contributed by atoms with Crippen molar-refractivity contribution in [3.05, 3.63) is 54.4 Å². The molecule has 1 aliphatic carbocycles. The summed E-state index contributed by atoms with van der Waals surface area (Å²) in [5.41, 5.74) is 1.82. The van der Waals surface area contributed by atoms with Crippen LogP contribution in [0.1, 0.15) is 38.4 Å². The molecule has 1 atom stereocenters. The van der Waals surface area contributed by atoms with Gasteiger partial charge in [-0.15, -0.1) is 0 Å². The molecule has 0 radical (unpaired) electrons. The molecule has 3 rings (SSSR count). The first kappa shape index (κ1) is 18.4. The van der Waals surface area contributed by atoms with Crippen molar-refractivity contribution in [2.24, 2.45) is 5.92 Å². The summed E-state index contributed by atoms with van der Waals surface area (Å²) in [5.74, 6) is 1.38. The van der Waals surface area contributed by atoms with Crippen LogP contribution in [-0.4, -0.2) is 35.5 Å². The van der Waals surface area contributed by atoms with Crippen molar-refractivity contribution in [3.63, 3.8) is 0 Å². The van der Waals surface area contributed by atoms with E-state index in [0.29, 0.717) is 12.5 Å². The Hall–Kier alpha value is -2.40. The van der Waals surface area contributed by atoms with E-state index in [1.165, 1.54) is 12.8 Å². The summed E-state index contributed by atoms with van der Waals surface area (Å²) in [6.07, 6.45) is 4.35. The van der Waals surface area contributed by atoms with Gasteiger partial charge in [-0.05, 0) is 76.1 Å². The van der Waals surface area contributed by atoms with Crippen molar-refractivity contribution in [2.75, 3.05) is 18.9 Å². The van der Waals surface area contributed by atoms with Gasteiger partial charge in [0.15, 0.2) is 0 Å². The molecule has 0 bridgehead atoms. The monoisotopic (exact) mass is 353 g/mol. The van der Waals surface area contributed by atoms with E-state index in [4.69, 9.17) is 4.74 Å². The topological polar surface area (TPSA) is 54.5 Å². The predicted molar refractivity (Wildman–Crippen MR) is 103 cm³/mol. The largest absolute Gasteiger partial charge is 0.491 e. The number of hydrogen-bond acceptors (Lipinski definition) is 4. The van der Waals surface area contributed by atoms with E-state index in [1.54, 1.807) is 0 Å². The smallest absolute Gasteiger partial charge is 0.238 e. The van der Waals surface area contributed by atoms with Crippen LogP contribution in [0.25, 0.3) is 0 Å². The summed E-state index contributed by atoms with van der Waals surface area (Å²) in [5, 5.41) is 2.96. The van der Waals surface area contributed by atoms with Crippen LogP contribution >= 0.6 is 0 Å². The van der Waals surface area contributed by atoms with Crippen LogP contribution in [0.15, 0.2) is 48.7 Å². The van der Waals surface area contributed by atoms with Gasteiger partial charge in [0.05, 0.1) is 24.4 Å². The summed E-state index contributed by atoms with van der Waals surface area (Å²) >= 11 is 0. The molecule has 1 aromatic carbocycles. The number of pyridine rings is 1. The van der Waals surface area contributed by atoms with Crippen molar-refractivity contribution >= 4 is 11.6 Å². The maximum absolute atomic E-state index is 12.5. The minimum Gasteiger partial charge on any atom is -0.491 e. The van der Waals surface area contributed by atoms with Gasteiger partial charge in [-0.1, -0.05) is 6.07 Å². The van der Waals surface area contributed by atoms with Gasteiger partial charge >= 0.3 is 0 Å². The molecule has 1 saturated carbocycles. The van der Waals surface area contributed by atoms with Crippen molar-refractivity contribution in [3.8, 4) is 5.75 Å². The lowest BCUT2D eigenvalue weighted by molar-refractivity contribution is -0.117. The van der Waals surface area contributed by atoms with Crippen LogP contribution in [0, 0.1) is 5.92 Å². The van der Waals surface area contributed by atoms with E-state index >= 15 is 0 Å². The molecule has 0 spiro atoms. The molecule has 1 aliphatic rings. The SMILES string of the molecule is CC(C)Oc1ccc(NC(=O)CN(C)[C@@H](c2ccccn2)C2CC2)cc1. The van der Waals surface area contributed by atoms with Gasteiger partial charge in [0.25, 0.3) is 0 Å². The lowest BCUT2D eigenvalue weighted by Crippen LogP contribution is -2.34. The van der Waals surface area contributed by atoms with Gasteiger partial charge in [0.1, 0.15) is 5.75 Å². The fourth-order valence-corrected chi connectivity index (χ4v) is 3.20. The highest BCUT2D eigenvalue weighted by molar-refractivity contribution is 5.92. The Labute approximate surface area is 155 Å². The third-order valence-corrected chi connectivity index (χ3v) is 4.44. The van der Waals surface area contributed by atoms with Crippen molar-refractivity contribution in [1.29, 1.82) is 0 Å². The summed E-state index contributed by atoms with van der Waals surface area (Å²) in [6.45, 7) is 4.31. The zero-order chi connectivity index (χ0) is 18.5. The summed E-state index contributed by atoms with van der Waals surface area (Å²) in [6, 6.07) is 13.7. The second kappa shape index (κ2) is 8.32. The van der Waals surface area contributed by atoms with Crippen LogP contribution in [0.5, 0.6) is 5.75 Å². The molecule has 26 heavy (non-hydrogen) atoms. The number of nitrogens with one attached hydrogen (secondary N) is 1. The van der Waals surface area contributed by atoms with Gasteiger partial charge in [-0.2, -0.15) is 0 Å². The third-order valence-electron chi connectivity index (χ3n) is 4.44. The molecule has 0 aliphatic heterocycles. The highest BCUT2D eigenvalue weighted by Gasteiger charge is 2.36. The van der Waals surface area contributed by atoms with Gasteiger partial charge in [-0.3, -0.25) is 14.7 Å². The van der Waals surface area contributed by atoms with E-state index in [9.17, 15) is 4.79 Å². The number of carbonyl (C=O) groups is 1. The van der Waals surface area contributed by atoms with Crippen LogP contribution in [-0.2, 0) is 4.79 Å². The van der Waals surface area contributed by atoms with Crippen molar-refractivity contribution < 1.29 is 9.53 Å². The number of nitrogens with zero attached hydrogens (tertiary/aromatic N) is 2. The Morgan fingerprint density at radius 1 is 1.23 bits per heavy atom. The van der Waals surface area contributed by atoms with Crippen molar-refractivity contribution in [1.82, 2.24) is 9.88 Å². The Morgan fingerprint density at radius 2 is 1.96 bits per heavy atom. The molecular weight excluding hydrogens is 326 g/mol. The number of aromatic nitrogens is 1. The van der Waals surface area contributed by atoms with Crippen LogP contribution in [0.4, 0.5) is 5.69 Å². The van der Waals surface area contributed by atoms with E-state index in [1.807, 2.05) is 69.6 Å². The standard InChI is InChI=1S/C21H27N3O2/c1-15(2)26-18-11-9-17(10-12-18)23-20(25)14-24(3)21(16-7-8-16)19-6-4-5-13-22-19/h4-6,9-13,15-16,21H,7-8,14H2,1-3H3,(H,23,25)/t21-/m1/s1. The Balaban J connectivity index is 1.58. The summed E-state index contributed by atoms with van der Waals surface area (Å²) in [7, 11) is 2.00. The average molecular weight is 353 g/mol. The summed E-state index contributed by atoms with van der Waals surface area (Å²) < 4.78 is 5.62. The molecular formula is C21H27N3O2.